The Labute approximate surface area is 102 Å². The molecule has 0 aromatic heterocycles. The summed E-state index contributed by atoms with van der Waals surface area (Å²) in [5, 5.41) is 8.62. The maximum absolute atomic E-state index is 8.99. The van der Waals surface area contributed by atoms with Gasteiger partial charge < -0.3 is 10.5 Å². The highest BCUT2D eigenvalue weighted by Gasteiger charge is 2.08. The summed E-state index contributed by atoms with van der Waals surface area (Å²) in [4.78, 5) is 0. The normalized spacial score (nSPS) is 12.2. The molecule has 0 heterocycles. The number of thiol groups is 1. The molecule has 86 valence electrons. The summed E-state index contributed by atoms with van der Waals surface area (Å²) in [6.45, 7) is 4.72. The Morgan fingerprint density at radius 3 is 2.69 bits per heavy atom. The van der Waals surface area contributed by atoms with Gasteiger partial charge in [0, 0.05) is 0 Å². The Morgan fingerprint density at radius 1 is 1.50 bits per heavy atom. The standard InChI is InChI=1S/C12H16N2OS/c1-8(2)7-15-11-4-3-9(12(14)16)5-10(11)6-13/h3-5,8,12,16H,7,14H2,1-2H3. The molecule has 0 spiro atoms. The van der Waals surface area contributed by atoms with Crippen LogP contribution in [0.1, 0.15) is 30.3 Å². The van der Waals surface area contributed by atoms with Crippen LogP contribution in [0.25, 0.3) is 0 Å². The van der Waals surface area contributed by atoms with E-state index in [2.05, 4.69) is 32.5 Å². The van der Waals surface area contributed by atoms with Gasteiger partial charge in [-0.3, -0.25) is 0 Å². The van der Waals surface area contributed by atoms with Crippen molar-refractivity contribution in [2.45, 2.75) is 19.2 Å². The van der Waals surface area contributed by atoms with Gasteiger partial charge in [0.05, 0.1) is 17.5 Å². The van der Waals surface area contributed by atoms with Crippen molar-refractivity contribution < 1.29 is 4.74 Å². The van der Waals surface area contributed by atoms with Crippen molar-refractivity contribution >= 4 is 12.6 Å². The highest BCUT2D eigenvalue weighted by molar-refractivity contribution is 7.80. The fourth-order valence-corrected chi connectivity index (χ4v) is 1.36. The smallest absolute Gasteiger partial charge is 0.137 e. The van der Waals surface area contributed by atoms with Gasteiger partial charge in [-0.25, -0.2) is 0 Å². The lowest BCUT2D eigenvalue weighted by Crippen LogP contribution is -2.07. The molecule has 0 fully saturated rings. The molecule has 1 aromatic rings. The van der Waals surface area contributed by atoms with Gasteiger partial charge in [0.25, 0.3) is 0 Å². The number of ether oxygens (including phenoxy) is 1. The first-order valence-corrected chi connectivity index (χ1v) is 5.66. The Morgan fingerprint density at radius 2 is 2.19 bits per heavy atom. The molecule has 3 nitrogen and oxygen atoms in total. The van der Waals surface area contributed by atoms with Crippen LogP contribution in [0.4, 0.5) is 0 Å². The number of hydrogen-bond donors (Lipinski definition) is 2. The van der Waals surface area contributed by atoms with Crippen LogP contribution in [-0.4, -0.2) is 6.61 Å². The number of nitriles is 1. The maximum atomic E-state index is 8.99. The lowest BCUT2D eigenvalue weighted by Gasteiger charge is -2.12. The van der Waals surface area contributed by atoms with Crippen LogP contribution < -0.4 is 10.5 Å². The molecule has 0 aliphatic heterocycles. The topological polar surface area (TPSA) is 59.0 Å². The minimum atomic E-state index is -0.369. The fourth-order valence-electron chi connectivity index (χ4n) is 1.20. The Balaban J connectivity index is 2.90. The maximum Gasteiger partial charge on any atom is 0.137 e. The predicted molar refractivity (Wildman–Crippen MR) is 67.4 cm³/mol. The summed E-state index contributed by atoms with van der Waals surface area (Å²) >= 11 is 4.12. The van der Waals surface area contributed by atoms with Crippen LogP contribution in [0.5, 0.6) is 5.75 Å². The van der Waals surface area contributed by atoms with Gasteiger partial charge in [-0.1, -0.05) is 19.9 Å². The highest BCUT2D eigenvalue weighted by Crippen LogP contribution is 2.23. The third kappa shape index (κ3) is 3.44. The molecule has 1 atom stereocenters. The molecular formula is C12H16N2OS. The molecule has 0 aliphatic carbocycles. The van der Waals surface area contributed by atoms with Crippen LogP contribution in [0.15, 0.2) is 18.2 Å². The zero-order valence-electron chi connectivity index (χ0n) is 9.47. The molecule has 1 unspecified atom stereocenters. The van der Waals surface area contributed by atoms with Crippen molar-refractivity contribution in [1.82, 2.24) is 0 Å². The molecular weight excluding hydrogens is 220 g/mol. The summed E-state index contributed by atoms with van der Waals surface area (Å²) in [5.41, 5.74) is 6.94. The SMILES string of the molecule is CC(C)COc1ccc(C(N)S)cc1C#N. The molecule has 0 saturated carbocycles. The van der Waals surface area contributed by atoms with Gasteiger partial charge in [0.15, 0.2) is 0 Å². The van der Waals surface area contributed by atoms with E-state index < -0.39 is 0 Å². The predicted octanol–water partition coefficient (Wildman–Crippen LogP) is 2.48. The average Bonchev–Trinajstić information content (AvgIpc) is 2.25. The average molecular weight is 236 g/mol. The minimum Gasteiger partial charge on any atom is -0.492 e. The monoisotopic (exact) mass is 236 g/mol. The summed E-state index contributed by atoms with van der Waals surface area (Å²) in [7, 11) is 0. The molecule has 0 bridgehead atoms. The highest BCUT2D eigenvalue weighted by atomic mass is 32.1. The summed E-state index contributed by atoms with van der Waals surface area (Å²) in [5.74, 6) is 1.03. The molecule has 0 aliphatic rings. The first kappa shape index (κ1) is 12.9. The number of nitrogens with zero attached hydrogens (tertiary/aromatic N) is 1. The van der Waals surface area contributed by atoms with Crippen molar-refractivity contribution in [3.63, 3.8) is 0 Å². The van der Waals surface area contributed by atoms with Crippen LogP contribution >= 0.6 is 12.6 Å². The molecule has 1 rings (SSSR count). The number of hydrogen-bond acceptors (Lipinski definition) is 4. The molecule has 16 heavy (non-hydrogen) atoms. The largest absolute Gasteiger partial charge is 0.492 e. The van der Waals surface area contributed by atoms with Gasteiger partial charge >= 0.3 is 0 Å². The van der Waals surface area contributed by atoms with Crippen molar-refractivity contribution in [2.75, 3.05) is 6.61 Å². The van der Waals surface area contributed by atoms with Crippen LogP contribution in [0, 0.1) is 17.2 Å². The van der Waals surface area contributed by atoms with E-state index in [0.29, 0.717) is 23.8 Å². The van der Waals surface area contributed by atoms with E-state index in [1.807, 2.05) is 6.07 Å². The quantitative estimate of drug-likeness (QED) is 0.623. The first-order valence-electron chi connectivity index (χ1n) is 5.15. The van der Waals surface area contributed by atoms with Crippen molar-refractivity contribution in [3.8, 4) is 11.8 Å². The molecule has 0 saturated heterocycles. The van der Waals surface area contributed by atoms with Gasteiger partial charge in [0.2, 0.25) is 0 Å². The number of rotatable bonds is 4. The second-order valence-corrected chi connectivity index (χ2v) is 4.57. The van der Waals surface area contributed by atoms with Crippen molar-refractivity contribution in [1.29, 1.82) is 5.26 Å². The van der Waals surface area contributed by atoms with Gasteiger partial charge in [0.1, 0.15) is 11.8 Å². The molecule has 1 aromatic carbocycles. The van der Waals surface area contributed by atoms with Gasteiger partial charge in [-0.2, -0.15) is 17.9 Å². The zero-order chi connectivity index (χ0) is 12.1. The second kappa shape index (κ2) is 5.78. The molecule has 0 amide bonds. The van der Waals surface area contributed by atoms with Crippen LogP contribution in [0.3, 0.4) is 0 Å². The summed E-state index contributed by atoms with van der Waals surface area (Å²) in [6, 6.07) is 7.41. The first-order chi connectivity index (χ1) is 7.54. The third-order valence-corrected chi connectivity index (χ3v) is 2.34. The van der Waals surface area contributed by atoms with E-state index in [-0.39, 0.29) is 5.37 Å². The van der Waals surface area contributed by atoms with Crippen molar-refractivity contribution in [2.24, 2.45) is 11.7 Å². The van der Waals surface area contributed by atoms with E-state index in [4.69, 9.17) is 15.7 Å². The van der Waals surface area contributed by atoms with Gasteiger partial charge in [-0.15, -0.1) is 0 Å². The second-order valence-electron chi connectivity index (χ2n) is 4.02. The van der Waals surface area contributed by atoms with Crippen LogP contribution in [0.2, 0.25) is 0 Å². The molecule has 0 radical (unpaired) electrons. The van der Waals surface area contributed by atoms with E-state index in [0.717, 1.165) is 5.56 Å². The molecule has 2 N–H and O–H groups in total. The Hall–Kier alpha value is -1.18. The summed E-state index contributed by atoms with van der Waals surface area (Å²) < 4.78 is 5.54. The van der Waals surface area contributed by atoms with E-state index in [1.165, 1.54) is 0 Å². The fraction of sp³-hybridized carbons (Fsp3) is 0.417. The minimum absolute atomic E-state index is 0.369. The number of nitrogens with two attached hydrogens (primary N) is 1. The molecule has 4 heteroatoms. The van der Waals surface area contributed by atoms with Gasteiger partial charge in [-0.05, 0) is 23.6 Å². The Bertz CT molecular complexity index is 396. The summed E-state index contributed by atoms with van der Waals surface area (Å²) in [6.07, 6.45) is 0. The number of benzene rings is 1. The van der Waals surface area contributed by atoms with E-state index >= 15 is 0 Å². The van der Waals surface area contributed by atoms with E-state index in [9.17, 15) is 0 Å². The van der Waals surface area contributed by atoms with Crippen LogP contribution in [-0.2, 0) is 0 Å². The van der Waals surface area contributed by atoms with Crippen molar-refractivity contribution in [3.05, 3.63) is 29.3 Å². The lowest BCUT2D eigenvalue weighted by atomic mass is 10.1. The zero-order valence-corrected chi connectivity index (χ0v) is 10.4. The lowest BCUT2D eigenvalue weighted by molar-refractivity contribution is 0.270. The van der Waals surface area contributed by atoms with E-state index in [1.54, 1.807) is 12.1 Å². The third-order valence-electron chi connectivity index (χ3n) is 2.04. The Kier molecular flexibility index (Phi) is 4.66.